The van der Waals surface area contributed by atoms with Gasteiger partial charge in [-0.15, -0.1) is 0 Å². The van der Waals surface area contributed by atoms with Gasteiger partial charge in [-0.05, 0) is 57.2 Å². The monoisotopic (exact) mass is 445 g/mol. The van der Waals surface area contributed by atoms with Gasteiger partial charge in [0, 0.05) is 24.6 Å². The Morgan fingerprint density at radius 3 is 2.56 bits per heavy atom. The number of piperidine rings is 1. The van der Waals surface area contributed by atoms with Crippen LogP contribution >= 0.6 is 0 Å². The van der Waals surface area contributed by atoms with Gasteiger partial charge in [-0.2, -0.15) is 4.98 Å². The van der Waals surface area contributed by atoms with Crippen LogP contribution in [-0.2, 0) is 11.3 Å². The standard InChI is InChI=1S/C23H35N5O4/c1-5-27(6-2)14-11-24-23(29)17-9-12-28(13-10-17)16-21-25-22(26-32-21)18-7-8-19(30-3)20(15-18)31-4/h7-8,15,17H,5-6,9-14,16H2,1-4H3,(H,24,29). The fourth-order valence-electron chi connectivity index (χ4n) is 3.98. The van der Waals surface area contributed by atoms with Crippen LogP contribution in [0, 0.1) is 5.92 Å². The lowest BCUT2D eigenvalue weighted by Crippen LogP contribution is -2.42. The van der Waals surface area contributed by atoms with Gasteiger partial charge in [-0.1, -0.05) is 19.0 Å². The second-order valence-corrected chi connectivity index (χ2v) is 7.95. The van der Waals surface area contributed by atoms with E-state index in [1.54, 1.807) is 14.2 Å². The Morgan fingerprint density at radius 2 is 1.91 bits per heavy atom. The van der Waals surface area contributed by atoms with E-state index in [-0.39, 0.29) is 11.8 Å². The first kappa shape index (κ1) is 24.0. The molecule has 2 aromatic rings. The maximum absolute atomic E-state index is 12.5. The van der Waals surface area contributed by atoms with Gasteiger partial charge in [0.25, 0.3) is 0 Å². The smallest absolute Gasteiger partial charge is 0.241 e. The largest absolute Gasteiger partial charge is 0.493 e. The predicted molar refractivity (Wildman–Crippen MR) is 122 cm³/mol. The molecule has 9 nitrogen and oxygen atoms in total. The van der Waals surface area contributed by atoms with E-state index in [4.69, 9.17) is 14.0 Å². The number of methoxy groups -OCH3 is 2. The molecule has 1 fully saturated rings. The number of carbonyl (C=O) groups excluding carboxylic acids is 1. The quantitative estimate of drug-likeness (QED) is 0.564. The zero-order valence-corrected chi connectivity index (χ0v) is 19.6. The summed E-state index contributed by atoms with van der Waals surface area (Å²) in [7, 11) is 3.20. The van der Waals surface area contributed by atoms with Gasteiger partial charge in [-0.3, -0.25) is 9.69 Å². The van der Waals surface area contributed by atoms with Crippen LogP contribution in [0.15, 0.2) is 22.7 Å². The molecule has 1 aliphatic rings. The molecule has 176 valence electrons. The van der Waals surface area contributed by atoms with Crippen molar-refractivity contribution in [2.75, 3.05) is 53.5 Å². The first-order valence-electron chi connectivity index (χ1n) is 11.3. The van der Waals surface area contributed by atoms with Crippen molar-refractivity contribution in [2.45, 2.75) is 33.2 Å². The van der Waals surface area contributed by atoms with Gasteiger partial charge >= 0.3 is 0 Å². The highest BCUT2D eigenvalue weighted by atomic mass is 16.5. The second kappa shape index (κ2) is 11.8. The number of carbonyl (C=O) groups is 1. The molecule has 1 aromatic heterocycles. The average Bonchev–Trinajstić information content (AvgIpc) is 3.30. The van der Waals surface area contributed by atoms with Gasteiger partial charge in [0.05, 0.1) is 20.8 Å². The molecule has 0 unspecified atom stereocenters. The maximum Gasteiger partial charge on any atom is 0.241 e. The molecule has 32 heavy (non-hydrogen) atoms. The van der Waals surface area contributed by atoms with E-state index < -0.39 is 0 Å². The van der Waals surface area contributed by atoms with E-state index in [1.807, 2.05) is 18.2 Å². The molecule has 1 N–H and O–H groups in total. The van der Waals surface area contributed by atoms with Crippen molar-refractivity contribution in [1.29, 1.82) is 0 Å². The third kappa shape index (κ3) is 6.20. The van der Waals surface area contributed by atoms with Crippen molar-refractivity contribution in [1.82, 2.24) is 25.3 Å². The molecular formula is C23H35N5O4. The van der Waals surface area contributed by atoms with Gasteiger partial charge < -0.3 is 24.2 Å². The summed E-state index contributed by atoms with van der Waals surface area (Å²) >= 11 is 0. The fourth-order valence-corrected chi connectivity index (χ4v) is 3.98. The van der Waals surface area contributed by atoms with Crippen molar-refractivity contribution in [3.63, 3.8) is 0 Å². The SMILES string of the molecule is CCN(CC)CCNC(=O)C1CCN(Cc2nc(-c3ccc(OC)c(OC)c3)no2)CC1. The number of likely N-dealkylation sites (tertiary alicyclic amines) is 1. The van der Waals surface area contributed by atoms with Gasteiger partial charge in [-0.25, -0.2) is 0 Å². The van der Waals surface area contributed by atoms with Crippen molar-refractivity contribution >= 4 is 5.91 Å². The highest BCUT2D eigenvalue weighted by Crippen LogP contribution is 2.31. The lowest BCUT2D eigenvalue weighted by Gasteiger charge is -2.30. The van der Waals surface area contributed by atoms with Crippen molar-refractivity contribution in [3.05, 3.63) is 24.1 Å². The van der Waals surface area contributed by atoms with E-state index in [1.165, 1.54) is 0 Å². The number of benzene rings is 1. The number of amides is 1. The molecule has 1 aromatic carbocycles. The van der Waals surface area contributed by atoms with Crippen LogP contribution in [0.5, 0.6) is 11.5 Å². The van der Waals surface area contributed by atoms with Crippen LogP contribution in [0.4, 0.5) is 0 Å². The zero-order valence-electron chi connectivity index (χ0n) is 19.6. The molecule has 2 heterocycles. The second-order valence-electron chi connectivity index (χ2n) is 7.95. The molecule has 0 bridgehead atoms. The van der Waals surface area contributed by atoms with Gasteiger partial charge in [0.2, 0.25) is 17.6 Å². The number of ether oxygens (including phenoxy) is 2. The summed E-state index contributed by atoms with van der Waals surface area (Å²) in [4.78, 5) is 21.6. The van der Waals surface area contributed by atoms with E-state index in [0.717, 1.165) is 51.1 Å². The molecule has 9 heteroatoms. The highest BCUT2D eigenvalue weighted by molar-refractivity contribution is 5.78. The molecule has 0 aliphatic carbocycles. The summed E-state index contributed by atoms with van der Waals surface area (Å²) in [6, 6.07) is 5.53. The lowest BCUT2D eigenvalue weighted by molar-refractivity contribution is -0.126. The Morgan fingerprint density at radius 1 is 1.19 bits per heavy atom. The van der Waals surface area contributed by atoms with Gasteiger partial charge in [0.15, 0.2) is 11.5 Å². The van der Waals surface area contributed by atoms with Crippen molar-refractivity contribution in [3.8, 4) is 22.9 Å². The number of nitrogens with zero attached hydrogens (tertiary/aromatic N) is 4. The summed E-state index contributed by atoms with van der Waals surface area (Å²) in [5.41, 5.74) is 0.803. The fraction of sp³-hybridized carbons (Fsp3) is 0.609. The van der Waals surface area contributed by atoms with E-state index in [2.05, 4.69) is 39.1 Å². The number of likely N-dealkylation sites (N-methyl/N-ethyl adjacent to an activating group) is 1. The number of aromatic nitrogens is 2. The Labute approximate surface area is 190 Å². The molecule has 0 saturated carbocycles. The molecule has 1 aliphatic heterocycles. The summed E-state index contributed by atoms with van der Waals surface area (Å²) in [6.07, 6.45) is 1.68. The molecule has 1 saturated heterocycles. The van der Waals surface area contributed by atoms with Crippen molar-refractivity contribution < 1.29 is 18.8 Å². The Bertz CT molecular complexity index is 860. The first-order valence-corrected chi connectivity index (χ1v) is 11.3. The Hall–Kier alpha value is -2.65. The maximum atomic E-state index is 12.5. The van der Waals surface area contributed by atoms with E-state index in [0.29, 0.717) is 36.3 Å². The molecule has 1 amide bonds. The molecule has 0 atom stereocenters. The number of nitrogens with one attached hydrogen (secondary N) is 1. The summed E-state index contributed by atoms with van der Waals surface area (Å²) in [6.45, 7) is 10.2. The van der Waals surface area contributed by atoms with Crippen LogP contribution in [0.25, 0.3) is 11.4 Å². The summed E-state index contributed by atoms with van der Waals surface area (Å²) < 4.78 is 16.1. The normalized spacial score (nSPS) is 15.2. The van der Waals surface area contributed by atoms with Crippen LogP contribution in [0.3, 0.4) is 0 Å². The van der Waals surface area contributed by atoms with E-state index in [9.17, 15) is 4.79 Å². The predicted octanol–water partition coefficient (Wildman–Crippen LogP) is 2.42. The zero-order chi connectivity index (χ0) is 22.9. The minimum Gasteiger partial charge on any atom is -0.493 e. The average molecular weight is 446 g/mol. The third-order valence-corrected chi connectivity index (χ3v) is 6.05. The first-order chi connectivity index (χ1) is 15.6. The number of rotatable bonds is 11. The Balaban J connectivity index is 1.47. The summed E-state index contributed by atoms with van der Waals surface area (Å²) in [5.74, 6) is 2.60. The third-order valence-electron chi connectivity index (χ3n) is 6.05. The van der Waals surface area contributed by atoms with Crippen LogP contribution in [0.2, 0.25) is 0 Å². The van der Waals surface area contributed by atoms with Crippen LogP contribution < -0.4 is 14.8 Å². The molecular weight excluding hydrogens is 410 g/mol. The molecule has 0 radical (unpaired) electrons. The van der Waals surface area contributed by atoms with Crippen LogP contribution in [-0.4, -0.2) is 79.3 Å². The minimum absolute atomic E-state index is 0.0768. The van der Waals surface area contributed by atoms with E-state index >= 15 is 0 Å². The number of hydrogen-bond donors (Lipinski definition) is 1. The van der Waals surface area contributed by atoms with Gasteiger partial charge in [0.1, 0.15) is 0 Å². The Kier molecular flexibility index (Phi) is 8.87. The van der Waals surface area contributed by atoms with Crippen LogP contribution in [0.1, 0.15) is 32.6 Å². The lowest BCUT2D eigenvalue weighted by atomic mass is 9.96. The van der Waals surface area contributed by atoms with Crippen molar-refractivity contribution in [2.24, 2.45) is 5.92 Å². The summed E-state index contributed by atoms with van der Waals surface area (Å²) in [5, 5.41) is 7.21. The molecule has 0 spiro atoms. The highest BCUT2D eigenvalue weighted by Gasteiger charge is 2.26. The topological polar surface area (TPSA) is 93.0 Å². The number of hydrogen-bond acceptors (Lipinski definition) is 8. The minimum atomic E-state index is 0.0768. The molecule has 3 rings (SSSR count).